The Bertz CT molecular complexity index is 377. The van der Waals surface area contributed by atoms with E-state index in [1.54, 1.807) is 5.43 Å². The molecule has 5 nitrogen and oxygen atoms in total. The number of amides is 2. The van der Waals surface area contributed by atoms with Crippen LogP contribution in [-0.2, 0) is 16.1 Å². The molecular weight excluding hydrogens is 194 g/mol. The smallest absolute Gasteiger partial charge is 0.323 e. The largest absolute Gasteiger partial charge is 0.344 e. The minimum absolute atomic E-state index is 0.318. The number of nitrogens with one attached hydrogen (secondary N) is 2. The molecule has 0 spiro atoms. The number of hydrogen-bond donors (Lipinski definition) is 3. The first kappa shape index (κ1) is 11.2. The van der Waals surface area contributed by atoms with Crippen LogP contribution in [0.25, 0.3) is 0 Å². The normalized spacial score (nSPS) is 9.47. The summed E-state index contributed by atoms with van der Waals surface area (Å²) in [6.45, 7) is 2.25. The molecule has 0 heterocycles. The Hall–Kier alpha value is -1.88. The highest BCUT2D eigenvalue weighted by Crippen LogP contribution is 2.05. The van der Waals surface area contributed by atoms with Crippen molar-refractivity contribution in [3.05, 3.63) is 35.4 Å². The van der Waals surface area contributed by atoms with Gasteiger partial charge in [0.2, 0.25) is 0 Å². The maximum absolute atomic E-state index is 11.1. The highest BCUT2D eigenvalue weighted by Gasteiger charge is 2.10. The third kappa shape index (κ3) is 3.07. The van der Waals surface area contributed by atoms with Crippen molar-refractivity contribution in [3.8, 4) is 0 Å². The Kier molecular flexibility index (Phi) is 3.82. The van der Waals surface area contributed by atoms with E-state index in [4.69, 9.17) is 5.84 Å². The summed E-state index contributed by atoms with van der Waals surface area (Å²) in [5.41, 5.74) is 3.79. The van der Waals surface area contributed by atoms with E-state index in [1.807, 2.05) is 31.2 Å². The van der Waals surface area contributed by atoms with Crippen molar-refractivity contribution < 1.29 is 9.59 Å². The van der Waals surface area contributed by atoms with Crippen molar-refractivity contribution in [1.29, 1.82) is 0 Å². The molecule has 5 heteroatoms. The van der Waals surface area contributed by atoms with Crippen LogP contribution in [-0.4, -0.2) is 11.8 Å². The molecular formula is C10H13N3O2. The predicted octanol–water partition coefficient (Wildman–Crippen LogP) is -0.399. The molecule has 1 aromatic rings. The summed E-state index contributed by atoms with van der Waals surface area (Å²) >= 11 is 0. The predicted molar refractivity (Wildman–Crippen MR) is 55.4 cm³/mol. The summed E-state index contributed by atoms with van der Waals surface area (Å²) in [7, 11) is 0. The molecule has 2 amide bonds. The second-order valence-electron chi connectivity index (χ2n) is 3.08. The number of benzene rings is 1. The van der Waals surface area contributed by atoms with Gasteiger partial charge in [0.1, 0.15) is 0 Å². The zero-order valence-electron chi connectivity index (χ0n) is 8.41. The first-order valence-corrected chi connectivity index (χ1v) is 4.48. The standard InChI is InChI=1S/C10H13N3O2/c1-7-4-2-3-5-8(7)6-12-9(14)10(15)13-11/h2-5H,6,11H2,1H3,(H,12,14)(H,13,15). The third-order valence-corrected chi connectivity index (χ3v) is 2.04. The number of hydrogen-bond acceptors (Lipinski definition) is 3. The summed E-state index contributed by atoms with van der Waals surface area (Å²) in [5, 5.41) is 2.46. The quantitative estimate of drug-likeness (QED) is 0.267. The fraction of sp³-hybridized carbons (Fsp3) is 0.200. The van der Waals surface area contributed by atoms with Crippen LogP contribution in [0, 0.1) is 6.92 Å². The van der Waals surface area contributed by atoms with E-state index in [0.717, 1.165) is 11.1 Å². The van der Waals surface area contributed by atoms with Crippen molar-refractivity contribution in [2.45, 2.75) is 13.5 Å². The van der Waals surface area contributed by atoms with Gasteiger partial charge in [-0.3, -0.25) is 15.0 Å². The minimum Gasteiger partial charge on any atom is -0.344 e. The Morgan fingerprint density at radius 3 is 2.53 bits per heavy atom. The summed E-state index contributed by atoms with van der Waals surface area (Å²) in [5.74, 6) is 3.23. The van der Waals surface area contributed by atoms with Crippen molar-refractivity contribution >= 4 is 11.8 Å². The molecule has 80 valence electrons. The van der Waals surface area contributed by atoms with Gasteiger partial charge in [-0.25, -0.2) is 5.84 Å². The van der Waals surface area contributed by atoms with Crippen LogP contribution < -0.4 is 16.6 Å². The molecule has 0 atom stereocenters. The highest BCUT2D eigenvalue weighted by molar-refractivity contribution is 6.34. The molecule has 0 fully saturated rings. The lowest BCUT2D eigenvalue weighted by atomic mass is 10.1. The van der Waals surface area contributed by atoms with Gasteiger partial charge in [-0.1, -0.05) is 24.3 Å². The first-order valence-electron chi connectivity index (χ1n) is 4.48. The van der Waals surface area contributed by atoms with Crippen LogP contribution in [0.2, 0.25) is 0 Å². The molecule has 0 aliphatic heterocycles. The molecule has 0 saturated carbocycles. The second kappa shape index (κ2) is 5.11. The molecule has 15 heavy (non-hydrogen) atoms. The van der Waals surface area contributed by atoms with Gasteiger partial charge >= 0.3 is 11.8 Å². The molecule has 0 bridgehead atoms. The SMILES string of the molecule is Cc1ccccc1CNC(=O)C(=O)NN. The monoisotopic (exact) mass is 207 g/mol. The van der Waals surface area contributed by atoms with Crippen LogP contribution in [0.4, 0.5) is 0 Å². The van der Waals surface area contributed by atoms with Gasteiger partial charge in [0.25, 0.3) is 0 Å². The van der Waals surface area contributed by atoms with Crippen LogP contribution in [0.5, 0.6) is 0 Å². The van der Waals surface area contributed by atoms with Gasteiger partial charge in [0.15, 0.2) is 0 Å². The summed E-state index contributed by atoms with van der Waals surface area (Å²) in [6.07, 6.45) is 0. The van der Waals surface area contributed by atoms with Crippen LogP contribution in [0.1, 0.15) is 11.1 Å². The summed E-state index contributed by atoms with van der Waals surface area (Å²) in [6, 6.07) is 7.60. The maximum Gasteiger partial charge on any atom is 0.323 e. The van der Waals surface area contributed by atoms with Gasteiger partial charge in [-0.15, -0.1) is 0 Å². The maximum atomic E-state index is 11.1. The molecule has 1 rings (SSSR count). The lowest BCUT2D eigenvalue weighted by Crippen LogP contribution is -2.42. The minimum atomic E-state index is -0.844. The molecule has 0 radical (unpaired) electrons. The Labute approximate surface area is 87.6 Å². The van der Waals surface area contributed by atoms with Gasteiger partial charge in [0.05, 0.1) is 0 Å². The number of nitrogens with two attached hydrogens (primary N) is 1. The lowest BCUT2D eigenvalue weighted by molar-refractivity contribution is -0.139. The number of rotatable bonds is 2. The fourth-order valence-electron chi connectivity index (χ4n) is 1.13. The summed E-state index contributed by atoms with van der Waals surface area (Å²) in [4.78, 5) is 21.8. The van der Waals surface area contributed by atoms with E-state index < -0.39 is 11.8 Å². The number of aryl methyl sites for hydroxylation is 1. The van der Waals surface area contributed by atoms with Crippen molar-refractivity contribution in [2.24, 2.45) is 5.84 Å². The van der Waals surface area contributed by atoms with Crippen molar-refractivity contribution in [1.82, 2.24) is 10.7 Å². The third-order valence-electron chi connectivity index (χ3n) is 2.04. The van der Waals surface area contributed by atoms with Crippen LogP contribution >= 0.6 is 0 Å². The van der Waals surface area contributed by atoms with E-state index in [1.165, 1.54) is 0 Å². The molecule has 0 aliphatic carbocycles. The van der Waals surface area contributed by atoms with Gasteiger partial charge in [-0.05, 0) is 18.1 Å². The first-order chi connectivity index (χ1) is 7.15. The Balaban J connectivity index is 2.54. The fourth-order valence-corrected chi connectivity index (χ4v) is 1.13. The zero-order valence-corrected chi connectivity index (χ0v) is 8.41. The number of hydrazine groups is 1. The molecule has 1 aromatic carbocycles. The van der Waals surface area contributed by atoms with Gasteiger partial charge in [-0.2, -0.15) is 0 Å². The summed E-state index contributed by atoms with van der Waals surface area (Å²) < 4.78 is 0. The average molecular weight is 207 g/mol. The second-order valence-corrected chi connectivity index (χ2v) is 3.08. The number of carbonyl (C=O) groups is 2. The number of carbonyl (C=O) groups excluding carboxylic acids is 2. The van der Waals surface area contributed by atoms with E-state index in [0.29, 0.717) is 6.54 Å². The molecule has 0 aliphatic rings. The Morgan fingerprint density at radius 1 is 1.27 bits per heavy atom. The van der Waals surface area contributed by atoms with Crippen LogP contribution in [0.3, 0.4) is 0 Å². The van der Waals surface area contributed by atoms with Gasteiger partial charge < -0.3 is 5.32 Å². The molecule has 0 aromatic heterocycles. The molecule has 0 saturated heterocycles. The van der Waals surface area contributed by atoms with E-state index in [2.05, 4.69) is 5.32 Å². The highest BCUT2D eigenvalue weighted by atomic mass is 16.2. The van der Waals surface area contributed by atoms with Crippen LogP contribution in [0.15, 0.2) is 24.3 Å². The van der Waals surface area contributed by atoms with E-state index in [9.17, 15) is 9.59 Å². The topological polar surface area (TPSA) is 84.2 Å². The lowest BCUT2D eigenvalue weighted by Gasteiger charge is -2.06. The van der Waals surface area contributed by atoms with Crippen molar-refractivity contribution in [2.75, 3.05) is 0 Å². The Morgan fingerprint density at radius 2 is 1.93 bits per heavy atom. The van der Waals surface area contributed by atoms with Crippen molar-refractivity contribution in [3.63, 3.8) is 0 Å². The van der Waals surface area contributed by atoms with Gasteiger partial charge in [0, 0.05) is 6.54 Å². The van der Waals surface area contributed by atoms with E-state index in [-0.39, 0.29) is 0 Å². The molecule has 4 N–H and O–H groups in total. The average Bonchev–Trinajstić information content (AvgIpc) is 2.26. The zero-order chi connectivity index (χ0) is 11.3. The van der Waals surface area contributed by atoms with E-state index >= 15 is 0 Å². The molecule has 0 unspecified atom stereocenters.